The third-order valence-corrected chi connectivity index (χ3v) is 3.11. The van der Waals surface area contributed by atoms with E-state index in [1.807, 2.05) is 30.0 Å². The van der Waals surface area contributed by atoms with Gasteiger partial charge in [-0.05, 0) is 24.0 Å². The van der Waals surface area contributed by atoms with Crippen molar-refractivity contribution in [2.75, 3.05) is 5.75 Å². The first-order valence-electron chi connectivity index (χ1n) is 4.55. The minimum Gasteiger partial charge on any atom is -0.460 e. The van der Waals surface area contributed by atoms with E-state index < -0.39 is 0 Å². The van der Waals surface area contributed by atoms with E-state index in [4.69, 9.17) is 16.0 Å². The molecule has 0 radical (unpaired) electrons. The van der Waals surface area contributed by atoms with E-state index in [1.54, 1.807) is 0 Å². The molecule has 0 aliphatic rings. The fraction of sp³-hybridized carbons (Fsp3) is 0.273. The quantitative estimate of drug-likeness (QED) is 0.773. The molecule has 0 amide bonds. The van der Waals surface area contributed by atoms with E-state index in [1.165, 1.54) is 0 Å². The SMILES string of the molecule is CCSCc1cc2ccc(Cl)cc2o1. The summed E-state index contributed by atoms with van der Waals surface area (Å²) in [6.45, 7) is 2.14. The first-order chi connectivity index (χ1) is 6.79. The summed E-state index contributed by atoms with van der Waals surface area (Å²) in [5.41, 5.74) is 0.879. The van der Waals surface area contributed by atoms with Crippen molar-refractivity contribution in [1.29, 1.82) is 0 Å². The van der Waals surface area contributed by atoms with Gasteiger partial charge in [-0.1, -0.05) is 18.5 Å². The zero-order valence-corrected chi connectivity index (χ0v) is 9.49. The van der Waals surface area contributed by atoms with Gasteiger partial charge in [0, 0.05) is 16.5 Å². The van der Waals surface area contributed by atoms with E-state index in [0.29, 0.717) is 0 Å². The molecule has 74 valence electrons. The Labute approximate surface area is 92.4 Å². The molecule has 0 aliphatic carbocycles. The maximum atomic E-state index is 5.87. The largest absolute Gasteiger partial charge is 0.460 e. The Morgan fingerprint density at radius 2 is 2.21 bits per heavy atom. The predicted octanol–water partition coefficient (Wildman–Crippen LogP) is 4.34. The molecule has 1 heterocycles. The van der Waals surface area contributed by atoms with Crippen molar-refractivity contribution >= 4 is 34.3 Å². The maximum Gasteiger partial charge on any atom is 0.135 e. The first kappa shape index (κ1) is 9.94. The van der Waals surface area contributed by atoms with E-state index in [2.05, 4.69) is 13.0 Å². The van der Waals surface area contributed by atoms with Crippen LogP contribution in [0.15, 0.2) is 28.7 Å². The number of benzene rings is 1. The molecule has 0 spiro atoms. The third kappa shape index (κ3) is 2.07. The van der Waals surface area contributed by atoms with E-state index in [9.17, 15) is 0 Å². The molecule has 1 aromatic carbocycles. The lowest BCUT2D eigenvalue weighted by molar-refractivity contribution is 0.574. The van der Waals surface area contributed by atoms with Crippen LogP contribution in [0.4, 0.5) is 0 Å². The van der Waals surface area contributed by atoms with Gasteiger partial charge in [0.25, 0.3) is 0 Å². The van der Waals surface area contributed by atoms with Crippen LogP contribution >= 0.6 is 23.4 Å². The topological polar surface area (TPSA) is 13.1 Å². The fourth-order valence-corrected chi connectivity index (χ4v) is 2.04. The second-order valence-electron chi connectivity index (χ2n) is 3.03. The fourth-order valence-electron chi connectivity index (χ4n) is 1.33. The Kier molecular flexibility index (Phi) is 3.04. The summed E-state index contributed by atoms with van der Waals surface area (Å²) in [5, 5.41) is 1.85. The van der Waals surface area contributed by atoms with Gasteiger partial charge in [0.1, 0.15) is 11.3 Å². The number of furan rings is 1. The summed E-state index contributed by atoms with van der Waals surface area (Å²) < 4.78 is 5.65. The molecule has 0 saturated heterocycles. The van der Waals surface area contributed by atoms with Crippen molar-refractivity contribution in [2.24, 2.45) is 0 Å². The van der Waals surface area contributed by atoms with Gasteiger partial charge in [0.2, 0.25) is 0 Å². The van der Waals surface area contributed by atoms with Crippen LogP contribution in [-0.4, -0.2) is 5.75 Å². The lowest BCUT2D eigenvalue weighted by Gasteiger charge is -1.91. The van der Waals surface area contributed by atoms with E-state index >= 15 is 0 Å². The van der Waals surface area contributed by atoms with E-state index in [0.717, 1.165) is 33.3 Å². The minimum absolute atomic E-state index is 0.724. The van der Waals surface area contributed by atoms with Crippen LogP contribution in [0.1, 0.15) is 12.7 Å². The Bertz CT molecular complexity index is 436. The summed E-state index contributed by atoms with van der Waals surface area (Å²) in [6, 6.07) is 7.81. The highest BCUT2D eigenvalue weighted by atomic mass is 35.5. The molecule has 1 nitrogen and oxygen atoms in total. The van der Waals surface area contributed by atoms with Gasteiger partial charge in [0.15, 0.2) is 0 Å². The zero-order valence-electron chi connectivity index (χ0n) is 7.92. The normalized spacial score (nSPS) is 11.0. The summed E-state index contributed by atoms with van der Waals surface area (Å²) in [7, 11) is 0. The molecule has 0 N–H and O–H groups in total. The molecule has 3 heteroatoms. The summed E-state index contributed by atoms with van der Waals surface area (Å²) in [6.07, 6.45) is 0. The molecule has 0 bridgehead atoms. The molecule has 0 atom stereocenters. The van der Waals surface area contributed by atoms with Crippen LogP contribution in [0.3, 0.4) is 0 Å². The van der Waals surface area contributed by atoms with Crippen LogP contribution in [0.2, 0.25) is 5.02 Å². The molecule has 0 saturated carbocycles. The highest BCUT2D eigenvalue weighted by Crippen LogP contribution is 2.25. The second-order valence-corrected chi connectivity index (χ2v) is 4.74. The molecule has 2 rings (SSSR count). The number of halogens is 1. The van der Waals surface area contributed by atoms with Crippen molar-refractivity contribution in [1.82, 2.24) is 0 Å². The van der Waals surface area contributed by atoms with Crippen molar-refractivity contribution in [3.63, 3.8) is 0 Å². The standard InChI is InChI=1S/C11H11ClOS/c1-2-14-7-10-5-8-3-4-9(12)6-11(8)13-10/h3-6H,2,7H2,1H3. The summed E-state index contributed by atoms with van der Waals surface area (Å²) in [5.74, 6) is 3.06. The molecule has 1 aromatic heterocycles. The maximum absolute atomic E-state index is 5.87. The average Bonchev–Trinajstić information content (AvgIpc) is 2.56. The molecular formula is C11H11ClOS. The van der Waals surface area contributed by atoms with Gasteiger partial charge in [-0.25, -0.2) is 0 Å². The highest BCUT2D eigenvalue weighted by molar-refractivity contribution is 7.98. The van der Waals surface area contributed by atoms with Crippen molar-refractivity contribution in [2.45, 2.75) is 12.7 Å². The van der Waals surface area contributed by atoms with Crippen LogP contribution in [0.25, 0.3) is 11.0 Å². The average molecular weight is 227 g/mol. The van der Waals surface area contributed by atoms with E-state index in [-0.39, 0.29) is 0 Å². The van der Waals surface area contributed by atoms with Gasteiger partial charge in [0.05, 0.1) is 5.75 Å². The second kappa shape index (κ2) is 4.28. The van der Waals surface area contributed by atoms with Gasteiger partial charge in [-0.2, -0.15) is 11.8 Å². The van der Waals surface area contributed by atoms with Crippen molar-refractivity contribution in [3.8, 4) is 0 Å². The Morgan fingerprint density at radius 3 is 3.00 bits per heavy atom. The van der Waals surface area contributed by atoms with Crippen LogP contribution in [-0.2, 0) is 5.75 Å². The monoisotopic (exact) mass is 226 g/mol. The molecule has 14 heavy (non-hydrogen) atoms. The molecule has 0 fully saturated rings. The van der Waals surface area contributed by atoms with Crippen molar-refractivity contribution in [3.05, 3.63) is 35.0 Å². The molecule has 2 aromatic rings. The first-order valence-corrected chi connectivity index (χ1v) is 6.08. The Balaban J connectivity index is 2.32. The Hall–Kier alpha value is -0.600. The molecule has 0 unspecified atom stereocenters. The Morgan fingerprint density at radius 1 is 1.36 bits per heavy atom. The van der Waals surface area contributed by atoms with Crippen LogP contribution in [0, 0.1) is 0 Å². The van der Waals surface area contributed by atoms with Crippen LogP contribution < -0.4 is 0 Å². The lowest BCUT2D eigenvalue weighted by atomic mass is 10.2. The van der Waals surface area contributed by atoms with Gasteiger partial charge in [-0.15, -0.1) is 0 Å². The van der Waals surface area contributed by atoms with Gasteiger partial charge >= 0.3 is 0 Å². The number of hydrogen-bond acceptors (Lipinski definition) is 2. The minimum atomic E-state index is 0.724. The number of rotatable bonds is 3. The highest BCUT2D eigenvalue weighted by Gasteiger charge is 2.03. The lowest BCUT2D eigenvalue weighted by Crippen LogP contribution is -1.73. The molecule has 0 aliphatic heterocycles. The number of fused-ring (bicyclic) bond motifs is 1. The summed E-state index contributed by atoms with van der Waals surface area (Å²) in [4.78, 5) is 0. The number of thioether (sulfide) groups is 1. The summed E-state index contributed by atoms with van der Waals surface area (Å²) >= 11 is 7.72. The van der Waals surface area contributed by atoms with Crippen molar-refractivity contribution < 1.29 is 4.42 Å². The smallest absolute Gasteiger partial charge is 0.135 e. The predicted molar refractivity (Wildman–Crippen MR) is 63.1 cm³/mol. The zero-order chi connectivity index (χ0) is 9.97. The van der Waals surface area contributed by atoms with Gasteiger partial charge < -0.3 is 4.42 Å². The van der Waals surface area contributed by atoms with Crippen LogP contribution in [0.5, 0.6) is 0 Å². The third-order valence-electron chi connectivity index (χ3n) is 1.98. The van der Waals surface area contributed by atoms with Gasteiger partial charge in [-0.3, -0.25) is 0 Å². The molecular weight excluding hydrogens is 216 g/mol. The number of hydrogen-bond donors (Lipinski definition) is 0.